The Morgan fingerprint density at radius 3 is 2.64 bits per heavy atom. The number of rotatable bonds is 11. The van der Waals surface area contributed by atoms with Crippen molar-refractivity contribution in [3.05, 3.63) is 63.3 Å². The Bertz CT molecular complexity index is 1240. The second kappa shape index (κ2) is 11.1. The van der Waals surface area contributed by atoms with Gasteiger partial charge in [0.1, 0.15) is 22.2 Å². The number of aryl methyl sites for hydroxylation is 1. The van der Waals surface area contributed by atoms with E-state index in [2.05, 4.69) is 9.71 Å². The van der Waals surface area contributed by atoms with Crippen molar-refractivity contribution in [2.75, 3.05) is 4.72 Å². The van der Waals surface area contributed by atoms with Crippen LogP contribution in [0, 0.1) is 5.82 Å². The number of sulfonamides is 1. The zero-order valence-corrected chi connectivity index (χ0v) is 20.3. The summed E-state index contributed by atoms with van der Waals surface area (Å²) in [7, 11) is -4.23. The van der Waals surface area contributed by atoms with E-state index in [0.29, 0.717) is 30.0 Å². The normalized spacial score (nSPS) is 11.4. The van der Waals surface area contributed by atoms with E-state index in [1.54, 1.807) is 23.6 Å². The number of amides is 1. The highest BCUT2D eigenvalue weighted by molar-refractivity contribution is 7.93. The highest BCUT2D eigenvalue weighted by Crippen LogP contribution is 2.36. The molecule has 0 saturated carbocycles. The molecule has 0 aliphatic carbocycles. The fourth-order valence-electron chi connectivity index (χ4n) is 2.99. The maximum atomic E-state index is 14.7. The number of ether oxygens (including phenoxy) is 1. The Morgan fingerprint density at radius 1 is 1.15 bits per heavy atom. The van der Waals surface area contributed by atoms with Crippen molar-refractivity contribution < 1.29 is 22.3 Å². The fourth-order valence-corrected chi connectivity index (χ4v) is 5.33. The zero-order chi connectivity index (χ0) is 24.0. The van der Waals surface area contributed by atoms with E-state index in [1.165, 1.54) is 6.20 Å². The summed E-state index contributed by atoms with van der Waals surface area (Å²) in [6.07, 6.45) is 4.55. The molecule has 1 amide bonds. The van der Waals surface area contributed by atoms with Gasteiger partial charge in [0.05, 0.1) is 5.02 Å². The number of anilines is 1. The number of hydrogen-bond acceptors (Lipinski definition) is 6. The van der Waals surface area contributed by atoms with Crippen LogP contribution in [-0.4, -0.2) is 19.3 Å². The number of primary amides is 1. The van der Waals surface area contributed by atoms with Gasteiger partial charge in [0, 0.05) is 29.1 Å². The van der Waals surface area contributed by atoms with Gasteiger partial charge in [-0.05, 0) is 49.1 Å². The lowest BCUT2D eigenvalue weighted by Crippen LogP contribution is -2.14. The number of nitrogens with one attached hydrogen (secondary N) is 1. The molecule has 0 saturated heterocycles. The number of thiazole rings is 1. The van der Waals surface area contributed by atoms with E-state index in [4.69, 9.17) is 33.7 Å². The predicted octanol–water partition coefficient (Wildman–Crippen LogP) is 5.77. The first-order valence-corrected chi connectivity index (χ1v) is 12.9. The van der Waals surface area contributed by atoms with Crippen LogP contribution >= 0.6 is 34.5 Å². The number of nitrogens with two attached hydrogens (primary N) is 1. The van der Waals surface area contributed by atoms with Crippen molar-refractivity contribution in [1.29, 1.82) is 0 Å². The molecule has 0 atom stereocenters. The van der Waals surface area contributed by atoms with Crippen molar-refractivity contribution in [2.24, 2.45) is 5.73 Å². The number of nitrogens with zero attached hydrogens (tertiary/aromatic N) is 1. The molecule has 0 aliphatic rings. The first-order valence-electron chi connectivity index (χ1n) is 9.81. The maximum absolute atomic E-state index is 14.7. The SMILES string of the molecule is NC(=O)CCCCCc1cc(Cl)ccc1Oc1cc(F)c(S(=O)(=O)Nc2nccs2)cc1Cl. The summed E-state index contributed by atoms with van der Waals surface area (Å²) < 4.78 is 47.8. The standard InChI is InChI=1S/C21H20Cl2FN3O4S2/c22-14-6-7-17(13(10-14)4-2-1-3-5-20(25)28)31-18-12-16(24)19(11-15(18)23)33(29,30)27-21-26-8-9-32-21/h6-12H,1-5H2,(H2,25,28)(H,26,27). The second-order valence-electron chi connectivity index (χ2n) is 7.04. The maximum Gasteiger partial charge on any atom is 0.266 e. The molecule has 2 aromatic carbocycles. The fraction of sp³-hybridized carbons (Fsp3) is 0.238. The van der Waals surface area contributed by atoms with Crippen molar-refractivity contribution >= 4 is 55.6 Å². The molecule has 1 aromatic heterocycles. The Morgan fingerprint density at radius 2 is 1.94 bits per heavy atom. The van der Waals surface area contributed by atoms with E-state index < -0.39 is 20.7 Å². The van der Waals surface area contributed by atoms with Gasteiger partial charge in [-0.25, -0.2) is 17.8 Å². The van der Waals surface area contributed by atoms with Gasteiger partial charge < -0.3 is 10.5 Å². The smallest absolute Gasteiger partial charge is 0.266 e. The number of benzene rings is 2. The summed E-state index contributed by atoms with van der Waals surface area (Å²) in [6.45, 7) is 0. The van der Waals surface area contributed by atoms with Crippen molar-refractivity contribution in [3.8, 4) is 11.5 Å². The van der Waals surface area contributed by atoms with Gasteiger partial charge in [0.2, 0.25) is 5.91 Å². The number of aromatic nitrogens is 1. The van der Waals surface area contributed by atoms with Gasteiger partial charge in [0.25, 0.3) is 10.0 Å². The van der Waals surface area contributed by atoms with Crippen molar-refractivity contribution in [2.45, 2.75) is 37.0 Å². The summed E-state index contributed by atoms with van der Waals surface area (Å²) in [5.41, 5.74) is 5.91. The lowest BCUT2D eigenvalue weighted by molar-refractivity contribution is -0.118. The molecule has 3 N–H and O–H groups in total. The molecular weight excluding hydrogens is 512 g/mol. The van der Waals surface area contributed by atoms with Crippen LogP contribution in [0.1, 0.15) is 31.2 Å². The van der Waals surface area contributed by atoms with Gasteiger partial charge >= 0.3 is 0 Å². The molecule has 0 aliphatic heterocycles. The van der Waals surface area contributed by atoms with E-state index in [0.717, 1.165) is 41.9 Å². The summed E-state index contributed by atoms with van der Waals surface area (Å²) in [5, 5.41) is 2.10. The minimum atomic E-state index is -4.23. The van der Waals surface area contributed by atoms with E-state index in [1.807, 2.05) is 0 Å². The summed E-state index contributed by atoms with van der Waals surface area (Å²) >= 11 is 13.4. The number of carbonyl (C=O) groups excluding carboxylic acids is 1. The molecule has 0 spiro atoms. The highest BCUT2D eigenvalue weighted by Gasteiger charge is 2.23. The minimum Gasteiger partial charge on any atom is -0.455 e. The first kappa shape index (κ1) is 25.2. The number of unbranched alkanes of at least 4 members (excludes halogenated alkanes) is 2. The molecule has 1 heterocycles. The molecular formula is C21H20Cl2FN3O4S2. The molecule has 3 aromatic rings. The number of carbonyl (C=O) groups is 1. The third kappa shape index (κ3) is 7.04. The van der Waals surface area contributed by atoms with Crippen LogP contribution in [0.25, 0.3) is 0 Å². The average Bonchev–Trinajstić information content (AvgIpc) is 3.23. The van der Waals surface area contributed by atoms with Crippen LogP contribution in [0.2, 0.25) is 10.0 Å². The van der Waals surface area contributed by atoms with Crippen LogP contribution in [0.5, 0.6) is 11.5 Å². The quantitative estimate of drug-likeness (QED) is 0.305. The Kier molecular flexibility index (Phi) is 8.52. The molecule has 33 heavy (non-hydrogen) atoms. The highest BCUT2D eigenvalue weighted by atomic mass is 35.5. The molecule has 0 unspecified atom stereocenters. The molecule has 7 nitrogen and oxygen atoms in total. The van der Waals surface area contributed by atoms with Crippen molar-refractivity contribution in [1.82, 2.24) is 4.98 Å². The Hall–Kier alpha value is -2.40. The number of hydrogen-bond donors (Lipinski definition) is 2. The third-order valence-electron chi connectivity index (χ3n) is 4.54. The Balaban J connectivity index is 1.78. The largest absolute Gasteiger partial charge is 0.455 e. The molecule has 0 radical (unpaired) electrons. The van der Waals surface area contributed by atoms with Gasteiger partial charge in [-0.1, -0.05) is 29.6 Å². The van der Waals surface area contributed by atoms with Crippen LogP contribution in [-0.2, 0) is 21.2 Å². The van der Waals surface area contributed by atoms with Crippen LogP contribution in [0.4, 0.5) is 9.52 Å². The van der Waals surface area contributed by atoms with E-state index in [9.17, 15) is 17.6 Å². The van der Waals surface area contributed by atoms with Crippen LogP contribution < -0.4 is 15.2 Å². The summed E-state index contributed by atoms with van der Waals surface area (Å²) in [4.78, 5) is 14.1. The Labute approximate surface area is 204 Å². The molecule has 0 bridgehead atoms. The minimum absolute atomic E-state index is 0.0420. The van der Waals surface area contributed by atoms with Gasteiger partial charge in [0.15, 0.2) is 5.13 Å². The third-order valence-corrected chi connectivity index (χ3v) is 7.24. The lowest BCUT2D eigenvalue weighted by atomic mass is 10.0. The van der Waals surface area contributed by atoms with E-state index in [-0.39, 0.29) is 21.8 Å². The summed E-state index contributed by atoms with van der Waals surface area (Å²) in [6, 6.07) is 6.89. The summed E-state index contributed by atoms with van der Waals surface area (Å²) in [5.74, 6) is -1.00. The average molecular weight is 532 g/mol. The van der Waals surface area contributed by atoms with Crippen molar-refractivity contribution in [3.63, 3.8) is 0 Å². The predicted molar refractivity (Wildman–Crippen MR) is 127 cm³/mol. The van der Waals surface area contributed by atoms with Crippen LogP contribution in [0.15, 0.2) is 46.8 Å². The zero-order valence-electron chi connectivity index (χ0n) is 17.2. The lowest BCUT2D eigenvalue weighted by Gasteiger charge is -2.14. The molecule has 12 heteroatoms. The monoisotopic (exact) mass is 531 g/mol. The van der Waals surface area contributed by atoms with E-state index >= 15 is 0 Å². The second-order valence-corrected chi connectivity index (χ2v) is 10.4. The first-order chi connectivity index (χ1) is 15.7. The van der Waals surface area contributed by atoms with Gasteiger partial charge in [-0.3, -0.25) is 9.52 Å². The molecule has 3 rings (SSSR count). The number of halogens is 3. The molecule has 0 fully saturated rings. The van der Waals surface area contributed by atoms with Crippen LogP contribution in [0.3, 0.4) is 0 Å². The van der Waals surface area contributed by atoms with Gasteiger partial charge in [-0.15, -0.1) is 11.3 Å². The van der Waals surface area contributed by atoms with Gasteiger partial charge in [-0.2, -0.15) is 0 Å². The molecule has 176 valence electrons. The topological polar surface area (TPSA) is 111 Å².